The standard InChI is InChI=1S/C15H24FN3/c1-12-8-9-18(3)11-15(10-17-2)19(12)14-6-4-13(16)5-7-14/h4-7,12,15,17H,8-11H2,1-3H3. The largest absolute Gasteiger partial charge is 0.363 e. The van der Waals surface area contributed by atoms with Crippen LogP contribution in [0.3, 0.4) is 0 Å². The molecule has 4 heteroatoms. The molecule has 1 N–H and O–H groups in total. The fourth-order valence-corrected chi connectivity index (χ4v) is 2.92. The highest BCUT2D eigenvalue weighted by atomic mass is 19.1. The van der Waals surface area contributed by atoms with Crippen LogP contribution in [0.15, 0.2) is 24.3 Å². The Morgan fingerprint density at radius 1 is 1.32 bits per heavy atom. The number of rotatable bonds is 3. The van der Waals surface area contributed by atoms with Gasteiger partial charge in [-0.25, -0.2) is 4.39 Å². The maximum Gasteiger partial charge on any atom is 0.123 e. The van der Waals surface area contributed by atoms with Gasteiger partial charge in [0.1, 0.15) is 5.82 Å². The van der Waals surface area contributed by atoms with E-state index in [2.05, 4.69) is 29.1 Å². The lowest BCUT2D eigenvalue weighted by Gasteiger charge is -2.37. The highest BCUT2D eigenvalue weighted by Gasteiger charge is 2.27. The van der Waals surface area contributed by atoms with Gasteiger partial charge in [0.15, 0.2) is 0 Å². The molecule has 106 valence electrons. The highest BCUT2D eigenvalue weighted by molar-refractivity contribution is 5.49. The van der Waals surface area contributed by atoms with E-state index >= 15 is 0 Å². The lowest BCUT2D eigenvalue weighted by Crippen LogP contribution is -2.49. The molecule has 19 heavy (non-hydrogen) atoms. The first kappa shape index (κ1) is 14.3. The van der Waals surface area contributed by atoms with Crippen LogP contribution >= 0.6 is 0 Å². The van der Waals surface area contributed by atoms with Crippen LogP contribution in [0.25, 0.3) is 0 Å². The number of halogens is 1. The molecule has 0 saturated carbocycles. The van der Waals surface area contributed by atoms with Gasteiger partial charge in [-0.2, -0.15) is 0 Å². The van der Waals surface area contributed by atoms with Crippen LogP contribution in [0.1, 0.15) is 13.3 Å². The minimum atomic E-state index is -0.173. The van der Waals surface area contributed by atoms with Crippen LogP contribution in [0.5, 0.6) is 0 Å². The van der Waals surface area contributed by atoms with Gasteiger partial charge in [0.25, 0.3) is 0 Å². The van der Waals surface area contributed by atoms with E-state index in [1.807, 2.05) is 19.2 Å². The van der Waals surface area contributed by atoms with Crippen molar-refractivity contribution in [2.45, 2.75) is 25.4 Å². The van der Waals surface area contributed by atoms with Crippen molar-refractivity contribution in [2.24, 2.45) is 0 Å². The quantitative estimate of drug-likeness (QED) is 0.901. The number of hydrogen-bond donors (Lipinski definition) is 1. The fourth-order valence-electron chi connectivity index (χ4n) is 2.92. The van der Waals surface area contributed by atoms with Crippen molar-refractivity contribution in [3.05, 3.63) is 30.1 Å². The molecule has 1 aliphatic heterocycles. The predicted molar refractivity (Wildman–Crippen MR) is 78.2 cm³/mol. The van der Waals surface area contributed by atoms with Crippen LogP contribution in [0.2, 0.25) is 0 Å². The second-order valence-electron chi connectivity index (χ2n) is 5.50. The molecule has 0 amide bonds. The molecule has 0 aliphatic carbocycles. The Kier molecular flexibility index (Phi) is 4.77. The molecule has 1 fully saturated rings. The zero-order valence-electron chi connectivity index (χ0n) is 12.1. The summed E-state index contributed by atoms with van der Waals surface area (Å²) < 4.78 is 13.1. The van der Waals surface area contributed by atoms with Gasteiger partial charge < -0.3 is 15.1 Å². The third-order valence-electron chi connectivity index (χ3n) is 3.88. The zero-order valence-corrected chi connectivity index (χ0v) is 12.1. The predicted octanol–water partition coefficient (Wildman–Crippen LogP) is 1.94. The Labute approximate surface area is 115 Å². The second-order valence-corrected chi connectivity index (χ2v) is 5.50. The summed E-state index contributed by atoms with van der Waals surface area (Å²) in [5.74, 6) is -0.173. The Balaban J connectivity index is 2.27. The molecular formula is C15H24FN3. The molecule has 3 nitrogen and oxygen atoms in total. The molecule has 1 aromatic carbocycles. The molecule has 1 aliphatic rings. The van der Waals surface area contributed by atoms with Crippen LogP contribution in [-0.4, -0.2) is 50.7 Å². The molecule has 2 atom stereocenters. The molecule has 0 aromatic heterocycles. The number of anilines is 1. The molecule has 0 spiro atoms. The van der Waals surface area contributed by atoms with Crippen molar-refractivity contribution in [3.63, 3.8) is 0 Å². The molecule has 0 radical (unpaired) electrons. The van der Waals surface area contributed by atoms with Crippen molar-refractivity contribution in [2.75, 3.05) is 38.6 Å². The normalized spacial score (nSPS) is 25.4. The van der Waals surface area contributed by atoms with E-state index in [0.717, 1.165) is 31.7 Å². The first-order valence-corrected chi connectivity index (χ1v) is 6.99. The Bertz CT molecular complexity index is 393. The first-order valence-electron chi connectivity index (χ1n) is 6.99. The van der Waals surface area contributed by atoms with E-state index in [1.165, 1.54) is 0 Å². The Morgan fingerprint density at radius 3 is 2.63 bits per heavy atom. The summed E-state index contributed by atoms with van der Waals surface area (Å²) in [5.41, 5.74) is 1.12. The third kappa shape index (κ3) is 3.45. The first-order chi connectivity index (χ1) is 9.11. The minimum absolute atomic E-state index is 0.173. The summed E-state index contributed by atoms with van der Waals surface area (Å²) in [4.78, 5) is 4.81. The maximum absolute atomic E-state index is 13.1. The molecule has 2 rings (SSSR count). The van der Waals surface area contributed by atoms with Gasteiger partial charge in [0, 0.05) is 24.8 Å². The molecule has 2 unspecified atom stereocenters. The summed E-state index contributed by atoms with van der Waals surface area (Å²) >= 11 is 0. The molecule has 1 saturated heterocycles. The van der Waals surface area contributed by atoms with E-state index in [-0.39, 0.29) is 5.82 Å². The fraction of sp³-hybridized carbons (Fsp3) is 0.600. The van der Waals surface area contributed by atoms with Gasteiger partial charge in [-0.15, -0.1) is 0 Å². The van der Waals surface area contributed by atoms with Crippen molar-refractivity contribution < 1.29 is 4.39 Å². The van der Waals surface area contributed by atoms with Crippen LogP contribution in [-0.2, 0) is 0 Å². The van der Waals surface area contributed by atoms with Gasteiger partial charge in [-0.1, -0.05) is 0 Å². The second kappa shape index (κ2) is 6.35. The summed E-state index contributed by atoms with van der Waals surface area (Å²) in [6.45, 7) is 5.33. The van der Waals surface area contributed by atoms with Gasteiger partial charge in [-0.05, 0) is 58.3 Å². The summed E-state index contributed by atoms with van der Waals surface area (Å²) in [5, 5.41) is 3.28. The number of benzene rings is 1. The lowest BCUT2D eigenvalue weighted by atomic mass is 10.1. The van der Waals surface area contributed by atoms with Crippen LogP contribution < -0.4 is 10.2 Å². The number of nitrogens with zero attached hydrogens (tertiary/aromatic N) is 2. The molecule has 1 aromatic rings. The Morgan fingerprint density at radius 2 is 2.00 bits per heavy atom. The van der Waals surface area contributed by atoms with E-state index in [4.69, 9.17) is 0 Å². The monoisotopic (exact) mass is 265 g/mol. The van der Waals surface area contributed by atoms with E-state index in [9.17, 15) is 4.39 Å². The third-order valence-corrected chi connectivity index (χ3v) is 3.88. The SMILES string of the molecule is CNCC1CN(C)CCC(C)N1c1ccc(F)cc1. The van der Waals surface area contributed by atoms with Crippen LogP contribution in [0, 0.1) is 5.82 Å². The topological polar surface area (TPSA) is 18.5 Å². The van der Waals surface area contributed by atoms with E-state index in [0.29, 0.717) is 12.1 Å². The van der Waals surface area contributed by atoms with Crippen molar-refractivity contribution in [1.82, 2.24) is 10.2 Å². The van der Waals surface area contributed by atoms with Crippen molar-refractivity contribution >= 4 is 5.69 Å². The van der Waals surface area contributed by atoms with Gasteiger partial charge in [0.2, 0.25) is 0 Å². The average Bonchev–Trinajstić information content (AvgIpc) is 2.51. The number of likely N-dealkylation sites (N-methyl/N-ethyl adjacent to an activating group) is 2. The average molecular weight is 265 g/mol. The lowest BCUT2D eigenvalue weighted by molar-refractivity contribution is 0.328. The smallest absolute Gasteiger partial charge is 0.123 e. The maximum atomic E-state index is 13.1. The summed E-state index contributed by atoms with van der Waals surface area (Å²) in [7, 11) is 4.15. The van der Waals surface area contributed by atoms with Gasteiger partial charge >= 0.3 is 0 Å². The Hall–Kier alpha value is -1.13. The molecule has 0 bridgehead atoms. The summed E-state index contributed by atoms with van der Waals surface area (Å²) in [6.07, 6.45) is 1.13. The number of hydrogen-bond acceptors (Lipinski definition) is 3. The van der Waals surface area contributed by atoms with E-state index < -0.39 is 0 Å². The minimum Gasteiger partial charge on any atom is -0.363 e. The molecule has 1 heterocycles. The highest BCUT2D eigenvalue weighted by Crippen LogP contribution is 2.24. The summed E-state index contributed by atoms with van der Waals surface area (Å²) in [6, 6.07) is 7.76. The number of nitrogens with one attached hydrogen (secondary N) is 1. The van der Waals surface area contributed by atoms with Crippen molar-refractivity contribution in [3.8, 4) is 0 Å². The van der Waals surface area contributed by atoms with Crippen LogP contribution in [0.4, 0.5) is 10.1 Å². The van der Waals surface area contributed by atoms with Gasteiger partial charge in [0.05, 0.1) is 6.04 Å². The molecular weight excluding hydrogens is 241 g/mol. The van der Waals surface area contributed by atoms with E-state index in [1.54, 1.807) is 12.1 Å². The van der Waals surface area contributed by atoms with Crippen molar-refractivity contribution in [1.29, 1.82) is 0 Å². The zero-order chi connectivity index (χ0) is 13.8. The van der Waals surface area contributed by atoms with Gasteiger partial charge in [-0.3, -0.25) is 0 Å².